The summed E-state index contributed by atoms with van der Waals surface area (Å²) >= 11 is 3.59. The lowest BCUT2D eigenvalue weighted by Gasteiger charge is -2.25. The average Bonchev–Trinajstić information content (AvgIpc) is 2.67. The third-order valence-electron chi connectivity index (χ3n) is 3.26. The fourth-order valence-corrected chi connectivity index (χ4v) is 2.95. The van der Waals surface area contributed by atoms with E-state index in [2.05, 4.69) is 48.2 Å². The SMILES string of the molecule is CCCc1nc(-c2ccccc2Br)c(N)n1C(C)(C)C. The van der Waals surface area contributed by atoms with E-state index in [4.69, 9.17) is 10.7 Å². The molecular formula is C16H22BrN3. The summed E-state index contributed by atoms with van der Waals surface area (Å²) in [6, 6.07) is 8.07. The smallest absolute Gasteiger partial charge is 0.132 e. The van der Waals surface area contributed by atoms with Crippen molar-refractivity contribution in [2.45, 2.75) is 46.1 Å². The Kier molecular flexibility index (Phi) is 4.23. The van der Waals surface area contributed by atoms with Gasteiger partial charge < -0.3 is 10.3 Å². The Morgan fingerprint density at radius 3 is 2.45 bits per heavy atom. The highest BCUT2D eigenvalue weighted by atomic mass is 79.9. The second-order valence-electron chi connectivity index (χ2n) is 6.00. The highest BCUT2D eigenvalue weighted by Crippen LogP contribution is 2.35. The van der Waals surface area contributed by atoms with E-state index in [1.165, 1.54) is 0 Å². The second kappa shape index (κ2) is 5.60. The standard InChI is InChI=1S/C16H22BrN3/c1-5-8-13-19-14(11-9-6-7-10-12(11)17)15(18)20(13)16(2,3)4/h6-7,9-10H,5,8,18H2,1-4H3. The number of benzene rings is 1. The van der Waals surface area contributed by atoms with Crippen LogP contribution in [0.5, 0.6) is 0 Å². The molecule has 0 spiro atoms. The summed E-state index contributed by atoms with van der Waals surface area (Å²) in [6.07, 6.45) is 1.99. The molecule has 0 amide bonds. The van der Waals surface area contributed by atoms with E-state index in [0.29, 0.717) is 0 Å². The normalized spacial score (nSPS) is 11.8. The predicted octanol–water partition coefficient (Wildman–Crippen LogP) is 4.60. The van der Waals surface area contributed by atoms with Crippen LogP contribution in [-0.4, -0.2) is 9.55 Å². The Morgan fingerprint density at radius 2 is 1.90 bits per heavy atom. The molecular weight excluding hydrogens is 314 g/mol. The van der Waals surface area contributed by atoms with Crippen molar-refractivity contribution in [1.82, 2.24) is 9.55 Å². The zero-order chi connectivity index (χ0) is 14.9. The van der Waals surface area contributed by atoms with E-state index in [-0.39, 0.29) is 5.54 Å². The average molecular weight is 336 g/mol. The lowest BCUT2D eigenvalue weighted by molar-refractivity contribution is 0.387. The first-order valence-corrected chi connectivity index (χ1v) is 7.78. The van der Waals surface area contributed by atoms with Crippen molar-refractivity contribution < 1.29 is 0 Å². The molecule has 2 N–H and O–H groups in total. The van der Waals surface area contributed by atoms with Gasteiger partial charge in [-0.05, 0) is 33.3 Å². The van der Waals surface area contributed by atoms with Gasteiger partial charge in [0.05, 0.1) is 0 Å². The number of hydrogen-bond acceptors (Lipinski definition) is 2. The van der Waals surface area contributed by atoms with Gasteiger partial charge in [0.2, 0.25) is 0 Å². The van der Waals surface area contributed by atoms with Gasteiger partial charge in [0.15, 0.2) is 0 Å². The van der Waals surface area contributed by atoms with E-state index in [1.54, 1.807) is 0 Å². The van der Waals surface area contributed by atoms with Crippen LogP contribution in [0.3, 0.4) is 0 Å². The molecule has 1 aromatic carbocycles. The topological polar surface area (TPSA) is 43.8 Å². The van der Waals surface area contributed by atoms with Crippen LogP contribution in [0.2, 0.25) is 0 Å². The summed E-state index contributed by atoms with van der Waals surface area (Å²) in [5.74, 6) is 1.80. The largest absolute Gasteiger partial charge is 0.383 e. The summed E-state index contributed by atoms with van der Waals surface area (Å²) in [4.78, 5) is 4.80. The van der Waals surface area contributed by atoms with Gasteiger partial charge in [0, 0.05) is 22.0 Å². The number of hydrogen-bond donors (Lipinski definition) is 1. The number of rotatable bonds is 3. The molecule has 0 bridgehead atoms. The monoisotopic (exact) mass is 335 g/mol. The van der Waals surface area contributed by atoms with Crippen LogP contribution >= 0.6 is 15.9 Å². The van der Waals surface area contributed by atoms with Gasteiger partial charge >= 0.3 is 0 Å². The number of anilines is 1. The van der Waals surface area contributed by atoms with E-state index < -0.39 is 0 Å². The summed E-state index contributed by atoms with van der Waals surface area (Å²) in [5, 5.41) is 0. The third kappa shape index (κ3) is 2.75. The molecule has 0 unspecified atom stereocenters. The van der Waals surface area contributed by atoms with Gasteiger partial charge in [-0.15, -0.1) is 0 Å². The summed E-state index contributed by atoms with van der Waals surface area (Å²) < 4.78 is 3.18. The molecule has 2 rings (SSSR count). The lowest BCUT2D eigenvalue weighted by Crippen LogP contribution is -2.25. The van der Waals surface area contributed by atoms with Crippen molar-refractivity contribution in [1.29, 1.82) is 0 Å². The molecule has 0 fully saturated rings. The van der Waals surface area contributed by atoms with Crippen LogP contribution in [0.25, 0.3) is 11.3 Å². The molecule has 20 heavy (non-hydrogen) atoms. The maximum Gasteiger partial charge on any atom is 0.132 e. The first-order valence-electron chi connectivity index (χ1n) is 6.98. The summed E-state index contributed by atoms with van der Waals surface area (Å²) in [5.41, 5.74) is 8.25. The second-order valence-corrected chi connectivity index (χ2v) is 6.85. The summed E-state index contributed by atoms with van der Waals surface area (Å²) in [7, 11) is 0. The minimum Gasteiger partial charge on any atom is -0.383 e. The zero-order valence-corrected chi connectivity index (χ0v) is 14.2. The van der Waals surface area contributed by atoms with Gasteiger partial charge in [0.1, 0.15) is 17.3 Å². The van der Waals surface area contributed by atoms with E-state index in [9.17, 15) is 0 Å². The maximum atomic E-state index is 6.40. The maximum absolute atomic E-state index is 6.40. The Bertz CT molecular complexity index is 609. The van der Waals surface area contributed by atoms with Crippen molar-refractivity contribution in [2.75, 3.05) is 5.73 Å². The Hall–Kier alpha value is -1.29. The van der Waals surface area contributed by atoms with Crippen LogP contribution < -0.4 is 5.73 Å². The molecule has 0 saturated carbocycles. The molecule has 4 heteroatoms. The molecule has 0 aliphatic heterocycles. The number of halogens is 1. The fourth-order valence-electron chi connectivity index (χ4n) is 2.47. The molecule has 0 saturated heterocycles. The molecule has 2 aromatic rings. The third-order valence-corrected chi connectivity index (χ3v) is 3.95. The fraction of sp³-hybridized carbons (Fsp3) is 0.438. The Labute approximate surface area is 129 Å². The molecule has 1 aromatic heterocycles. The van der Waals surface area contributed by atoms with Crippen molar-refractivity contribution in [3.63, 3.8) is 0 Å². The molecule has 108 valence electrons. The minimum atomic E-state index is -0.0684. The van der Waals surface area contributed by atoms with Crippen LogP contribution in [0.4, 0.5) is 5.82 Å². The van der Waals surface area contributed by atoms with Crippen LogP contribution in [0.1, 0.15) is 39.9 Å². The van der Waals surface area contributed by atoms with Crippen molar-refractivity contribution in [3.8, 4) is 11.3 Å². The first kappa shape index (κ1) is 15.1. The zero-order valence-electron chi connectivity index (χ0n) is 12.6. The van der Waals surface area contributed by atoms with Gasteiger partial charge in [-0.2, -0.15) is 0 Å². The number of imidazole rings is 1. The molecule has 0 aliphatic carbocycles. The van der Waals surface area contributed by atoms with Crippen LogP contribution in [-0.2, 0) is 12.0 Å². The van der Waals surface area contributed by atoms with Crippen molar-refractivity contribution >= 4 is 21.7 Å². The van der Waals surface area contributed by atoms with Gasteiger partial charge in [-0.25, -0.2) is 4.98 Å². The number of nitrogen functional groups attached to an aromatic ring is 1. The highest BCUT2D eigenvalue weighted by Gasteiger charge is 2.24. The molecule has 0 radical (unpaired) electrons. The quantitative estimate of drug-likeness (QED) is 0.890. The van der Waals surface area contributed by atoms with Crippen LogP contribution in [0.15, 0.2) is 28.7 Å². The van der Waals surface area contributed by atoms with E-state index in [1.807, 2.05) is 24.3 Å². The molecule has 1 heterocycles. The minimum absolute atomic E-state index is 0.0684. The lowest BCUT2D eigenvalue weighted by atomic mass is 10.1. The van der Waals surface area contributed by atoms with Gasteiger partial charge in [-0.3, -0.25) is 0 Å². The van der Waals surface area contributed by atoms with E-state index in [0.717, 1.165) is 40.2 Å². The molecule has 3 nitrogen and oxygen atoms in total. The summed E-state index contributed by atoms with van der Waals surface area (Å²) in [6.45, 7) is 8.64. The molecule has 0 atom stereocenters. The predicted molar refractivity (Wildman–Crippen MR) is 88.8 cm³/mol. The number of nitrogens with two attached hydrogens (primary N) is 1. The Balaban J connectivity index is 2.65. The highest BCUT2D eigenvalue weighted by molar-refractivity contribution is 9.10. The first-order chi connectivity index (χ1) is 9.36. The van der Waals surface area contributed by atoms with E-state index >= 15 is 0 Å². The number of nitrogens with zero attached hydrogens (tertiary/aromatic N) is 2. The van der Waals surface area contributed by atoms with Gasteiger partial charge in [-0.1, -0.05) is 41.1 Å². The van der Waals surface area contributed by atoms with Crippen LogP contribution in [0, 0.1) is 0 Å². The molecule has 0 aliphatic rings. The van der Waals surface area contributed by atoms with Gasteiger partial charge in [0.25, 0.3) is 0 Å². The van der Waals surface area contributed by atoms with Crippen molar-refractivity contribution in [3.05, 3.63) is 34.6 Å². The Morgan fingerprint density at radius 1 is 1.25 bits per heavy atom. The number of aromatic nitrogens is 2. The number of aryl methyl sites for hydroxylation is 1. The van der Waals surface area contributed by atoms with Crippen molar-refractivity contribution in [2.24, 2.45) is 0 Å².